The van der Waals surface area contributed by atoms with Crippen LogP contribution in [0.1, 0.15) is 25.0 Å². The lowest BCUT2D eigenvalue weighted by Gasteiger charge is -2.28. The molecule has 11 aromatic carbocycles. The van der Waals surface area contributed by atoms with Crippen LogP contribution in [0.25, 0.3) is 99.5 Å². The third-order valence-corrected chi connectivity index (χ3v) is 15.3. The molecule has 0 amide bonds. The van der Waals surface area contributed by atoms with Crippen molar-refractivity contribution in [2.45, 2.75) is 19.3 Å². The number of hydrogen-bond donors (Lipinski definition) is 0. The molecule has 0 bridgehead atoms. The Morgan fingerprint density at radius 3 is 1.22 bits per heavy atom. The summed E-state index contributed by atoms with van der Waals surface area (Å²) in [5.74, 6) is 0. The Morgan fingerprint density at radius 1 is 0.278 bits per heavy atom. The molecule has 3 heteroatoms. The van der Waals surface area contributed by atoms with Gasteiger partial charge in [-0.2, -0.15) is 0 Å². The Balaban J connectivity index is 0.858. The van der Waals surface area contributed by atoms with Crippen LogP contribution < -0.4 is 4.90 Å². The van der Waals surface area contributed by atoms with E-state index in [1.54, 1.807) is 0 Å². The molecular weight excluding hydrogens is 871 g/mol. The average molecular weight is 920 g/mol. The zero-order valence-electron chi connectivity index (χ0n) is 40.2. The van der Waals surface area contributed by atoms with Gasteiger partial charge < -0.3 is 14.0 Å². The molecule has 14 rings (SSSR count). The number of rotatable bonds is 8. The second-order valence-corrected chi connectivity index (χ2v) is 19.7. The van der Waals surface area contributed by atoms with E-state index in [1.807, 2.05) is 0 Å². The summed E-state index contributed by atoms with van der Waals surface area (Å²) in [7, 11) is 0. The molecule has 1 aliphatic rings. The van der Waals surface area contributed by atoms with Gasteiger partial charge in [0.25, 0.3) is 0 Å². The first-order valence-electron chi connectivity index (χ1n) is 25.0. The quantitative estimate of drug-likeness (QED) is 0.148. The van der Waals surface area contributed by atoms with Crippen molar-refractivity contribution in [3.8, 4) is 55.9 Å². The van der Waals surface area contributed by atoms with E-state index in [9.17, 15) is 0 Å². The summed E-state index contributed by atoms with van der Waals surface area (Å²) >= 11 is 0. The highest BCUT2D eigenvalue weighted by molar-refractivity contribution is 6.11. The van der Waals surface area contributed by atoms with Gasteiger partial charge in [-0.25, -0.2) is 0 Å². The Kier molecular flexibility index (Phi) is 9.56. The molecule has 0 spiro atoms. The molecule has 0 fully saturated rings. The van der Waals surface area contributed by atoms with Crippen LogP contribution in [0.2, 0.25) is 0 Å². The van der Waals surface area contributed by atoms with Gasteiger partial charge >= 0.3 is 0 Å². The zero-order valence-corrected chi connectivity index (χ0v) is 40.2. The summed E-state index contributed by atoms with van der Waals surface area (Å²) < 4.78 is 4.83. The van der Waals surface area contributed by atoms with Gasteiger partial charge in [0.2, 0.25) is 0 Å². The molecule has 2 heterocycles. The zero-order chi connectivity index (χ0) is 47.9. The van der Waals surface area contributed by atoms with Crippen molar-refractivity contribution in [1.29, 1.82) is 0 Å². The van der Waals surface area contributed by atoms with E-state index in [0.717, 1.165) is 22.7 Å². The Morgan fingerprint density at radius 2 is 0.667 bits per heavy atom. The lowest BCUT2D eigenvalue weighted by molar-refractivity contribution is 0.660. The monoisotopic (exact) mass is 919 g/mol. The van der Waals surface area contributed by atoms with Gasteiger partial charge in [-0.05, 0) is 141 Å². The SMILES string of the molecule is CC1(C)c2cc(N(c3ccc(-c4ccc(-c5ccccc5)cc4)cc3)c3ccc(-c4ccc5c6ccccc6n(-c6ccccc6)c5c4)cc3)ccc2-c2ccc(-n3c4ccccc4c4ccccc43)cc21. The molecule has 0 radical (unpaired) electrons. The molecule has 2 aromatic heterocycles. The summed E-state index contributed by atoms with van der Waals surface area (Å²) in [6, 6.07) is 95.8. The molecule has 0 unspecified atom stereocenters. The first kappa shape index (κ1) is 41.8. The first-order valence-corrected chi connectivity index (χ1v) is 25.0. The second kappa shape index (κ2) is 16.5. The van der Waals surface area contributed by atoms with Crippen molar-refractivity contribution in [2.24, 2.45) is 0 Å². The Labute approximate surface area is 419 Å². The summed E-state index contributed by atoms with van der Waals surface area (Å²) in [5.41, 5.74) is 22.7. The van der Waals surface area contributed by atoms with Crippen molar-refractivity contribution in [3.05, 3.63) is 272 Å². The number of para-hydroxylation sites is 4. The second-order valence-electron chi connectivity index (χ2n) is 19.7. The molecule has 13 aromatic rings. The molecule has 72 heavy (non-hydrogen) atoms. The van der Waals surface area contributed by atoms with Gasteiger partial charge in [-0.15, -0.1) is 0 Å². The highest BCUT2D eigenvalue weighted by Crippen LogP contribution is 2.52. The largest absolute Gasteiger partial charge is 0.310 e. The summed E-state index contributed by atoms with van der Waals surface area (Å²) in [6.07, 6.45) is 0. The molecule has 0 N–H and O–H groups in total. The molecule has 0 aliphatic heterocycles. The number of benzene rings is 11. The molecular formula is C69H49N3. The van der Waals surface area contributed by atoms with E-state index >= 15 is 0 Å². The van der Waals surface area contributed by atoms with E-state index in [0.29, 0.717) is 0 Å². The number of anilines is 3. The highest BCUT2D eigenvalue weighted by atomic mass is 15.1. The van der Waals surface area contributed by atoms with Crippen LogP contribution in [-0.2, 0) is 5.41 Å². The molecule has 0 saturated carbocycles. The maximum atomic E-state index is 2.44. The molecule has 3 nitrogen and oxygen atoms in total. The fourth-order valence-electron chi connectivity index (χ4n) is 11.7. The van der Waals surface area contributed by atoms with Crippen LogP contribution in [-0.4, -0.2) is 9.13 Å². The van der Waals surface area contributed by atoms with Crippen LogP contribution in [0.15, 0.2) is 261 Å². The third-order valence-electron chi connectivity index (χ3n) is 15.3. The predicted molar refractivity (Wildman–Crippen MR) is 304 cm³/mol. The average Bonchev–Trinajstić information content (AvgIpc) is 4.04. The van der Waals surface area contributed by atoms with E-state index in [-0.39, 0.29) is 5.41 Å². The van der Waals surface area contributed by atoms with Crippen LogP contribution in [0.5, 0.6) is 0 Å². The summed E-state index contributed by atoms with van der Waals surface area (Å²) in [4.78, 5) is 2.42. The number of nitrogens with zero attached hydrogens (tertiary/aromatic N) is 3. The van der Waals surface area contributed by atoms with Gasteiger partial charge in [-0.3, -0.25) is 0 Å². The minimum Gasteiger partial charge on any atom is -0.310 e. The maximum absolute atomic E-state index is 2.44. The third kappa shape index (κ3) is 6.66. The van der Waals surface area contributed by atoms with Gasteiger partial charge in [0.1, 0.15) is 0 Å². The summed E-state index contributed by atoms with van der Waals surface area (Å²) in [6.45, 7) is 4.78. The maximum Gasteiger partial charge on any atom is 0.0547 e. The van der Waals surface area contributed by atoms with E-state index in [2.05, 4.69) is 289 Å². The molecule has 0 atom stereocenters. The first-order chi connectivity index (χ1) is 35.5. The topological polar surface area (TPSA) is 13.1 Å². The van der Waals surface area contributed by atoms with Gasteiger partial charge in [0, 0.05) is 55.4 Å². The van der Waals surface area contributed by atoms with Crippen LogP contribution >= 0.6 is 0 Å². The minimum atomic E-state index is -0.248. The van der Waals surface area contributed by atoms with E-state index in [1.165, 1.54) is 105 Å². The highest BCUT2D eigenvalue weighted by Gasteiger charge is 2.36. The minimum absolute atomic E-state index is 0.248. The van der Waals surface area contributed by atoms with Gasteiger partial charge in [0.15, 0.2) is 0 Å². The van der Waals surface area contributed by atoms with Crippen molar-refractivity contribution in [1.82, 2.24) is 9.13 Å². The Bertz CT molecular complexity index is 4140. The molecule has 0 saturated heterocycles. The van der Waals surface area contributed by atoms with Crippen molar-refractivity contribution >= 4 is 60.7 Å². The van der Waals surface area contributed by atoms with Gasteiger partial charge in [-0.1, -0.05) is 190 Å². The van der Waals surface area contributed by atoms with Crippen molar-refractivity contribution in [3.63, 3.8) is 0 Å². The predicted octanol–water partition coefficient (Wildman–Crippen LogP) is 18.7. The summed E-state index contributed by atoms with van der Waals surface area (Å²) in [5, 5.41) is 5.06. The van der Waals surface area contributed by atoms with Crippen molar-refractivity contribution in [2.75, 3.05) is 4.90 Å². The fourth-order valence-corrected chi connectivity index (χ4v) is 11.7. The van der Waals surface area contributed by atoms with E-state index < -0.39 is 0 Å². The van der Waals surface area contributed by atoms with Crippen LogP contribution in [0, 0.1) is 0 Å². The smallest absolute Gasteiger partial charge is 0.0547 e. The number of fused-ring (bicyclic) bond motifs is 9. The van der Waals surface area contributed by atoms with Crippen LogP contribution in [0.4, 0.5) is 17.1 Å². The number of aromatic nitrogens is 2. The number of hydrogen-bond acceptors (Lipinski definition) is 1. The van der Waals surface area contributed by atoms with Crippen LogP contribution in [0.3, 0.4) is 0 Å². The van der Waals surface area contributed by atoms with Crippen molar-refractivity contribution < 1.29 is 0 Å². The molecule has 340 valence electrons. The standard InChI is InChI=1S/C69H49N3/c1-69(2)63-44-55(38-41-57(63)58-42-39-56(45-64(58)69)72-66-23-13-9-19-59(66)60-20-10-14-24-67(60)72)70(53-34-29-49(30-35-53)48-27-25-47(26-28-48)46-15-5-3-6-16-46)54-36-31-50(32-37-54)51-33-40-62-61-21-11-12-22-65(61)71(68(62)43-51)52-17-7-4-8-18-52/h3-45H,1-2H3. The Hall–Kier alpha value is -9.18. The molecule has 1 aliphatic carbocycles. The lowest BCUT2D eigenvalue weighted by Crippen LogP contribution is -2.17. The normalized spacial score (nSPS) is 12.7. The van der Waals surface area contributed by atoms with Gasteiger partial charge in [0.05, 0.1) is 22.1 Å². The van der Waals surface area contributed by atoms with E-state index in [4.69, 9.17) is 0 Å². The lowest BCUT2D eigenvalue weighted by atomic mass is 9.82. The fraction of sp³-hybridized carbons (Fsp3) is 0.0435.